The molecule has 0 atom stereocenters. The van der Waals surface area contributed by atoms with Crippen LogP contribution in [-0.2, 0) is 14.3 Å². The van der Waals surface area contributed by atoms with Crippen LogP contribution in [-0.4, -0.2) is 63.6 Å². The Kier molecular flexibility index (Phi) is 13.3. The highest BCUT2D eigenvalue weighted by Gasteiger charge is 2.23. The third kappa shape index (κ3) is 17.5. The molecule has 0 saturated carbocycles. The van der Waals surface area contributed by atoms with Crippen LogP contribution in [0, 0.1) is 0 Å². The van der Waals surface area contributed by atoms with Crippen molar-refractivity contribution in [3.8, 4) is 0 Å². The van der Waals surface area contributed by atoms with Crippen LogP contribution >= 0.6 is 43.2 Å². The van der Waals surface area contributed by atoms with Gasteiger partial charge in [0, 0.05) is 21.0 Å². The van der Waals surface area contributed by atoms with E-state index in [4.69, 9.17) is 14.6 Å². The fourth-order valence-electron chi connectivity index (χ4n) is 1.25. The zero-order chi connectivity index (χ0) is 21.8. The monoisotopic (exact) mass is 474 g/mol. The minimum absolute atomic E-state index is 0.0928. The van der Waals surface area contributed by atoms with Gasteiger partial charge in [0.05, 0.1) is 0 Å². The van der Waals surface area contributed by atoms with Crippen molar-refractivity contribution in [1.29, 1.82) is 0 Å². The maximum absolute atomic E-state index is 11.7. The summed E-state index contributed by atoms with van der Waals surface area (Å²) in [6, 6.07) is 0. The van der Waals surface area contributed by atoms with Gasteiger partial charge in [0.15, 0.2) is 0 Å². The highest BCUT2D eigenvalue weighted by molar-refractivity contribution is 8.77. The topological polar surface area (TPSA) is 114 Å². The van der Waals surface area contributed by atoms with E-state index in [1.165, 1.54) is 0 Å². The molecule has 0 radical (unpaired) electrons. The van der Waals surface area contributed by atoms with Crippen molar-refractivity contribution in [3.63, 3.8) is 0 Å². The zero-order valence-electron chi connectivity index (χ0n) is 17.0. The number of hydrogen-bond donors (Lipinski definition) is 3. The van der Waals surface area contributed by atoms with Gasteiger partial charge in [0.1, 0.15) is 13.2 Å². The minimum atomic E-state index is -1.63. The number of carboxylic acids is 1. The average molecular weight is 475 g/mol. The average Bonchev–Trinajstić information content (AvgIpc) is 2.51. The van der Waals surface area contributed by atoms with Crippen LogP contribution in [0.5, 0.6) is 0 Å². The van der Waals surface area contributed by atoms with Crippen molar-refractivity contribution >= 4 is 61.3 Å². The molecule has 0 heterocycles. The van der Waals surface area contributed by atoms with Gasteiger partial charge >= 0.3 is 18.2 Å². The van der Waals surface area contributed by atoms with Gasteiger partial charge in [0.25, 0.3) is 0 Å². The van der Waals surface area contributed by atoms with E-state index in [0.29, 0.717) is 11.5 Å². The third-order valence-electron chi connectivity index (χ3n) is 2.19. The standard InChI is InChI=1S/C16H30N2O6S4/c1-15(2,3)27-25-9-7-23-13(21)17-11(12(19)20)18-14(22)24-8-10-26-28-16(4,5)6/h11H,7-10H2,1-6H3,(H,17,21)(H,18,22)(H,19,20). The van der Waals surface area contributed by atoms with Crippen LogP contribution in [0.2, 0.25) is 0 Å². The predicted octanol–water partition coefficient (Wildman–Crippen LogP) is 4.21. The Bertz CT molecular complexity index is 470. The first kappa shape index (κ1) is 27.4. The molecule has 0 spiro atoms. The van der Waals surface area contributed by atoms with E-state index in [-0.39, 0.29) is 22.7 Å². The molecule has 0 fully saturated rings. The molecule has 0 aliphatic heterocycles. The number of carbonyl (C=O) groups excluding carboxylic acids is 2. The van der Waals surface area contributed by atoms with Gasteiger partial charge in [0.2, 0.25) is 6.17 Å². The van der Waals surface area contributed by atoms with Crippen LogP contribution in [0.25, 0.3) is 0 Å². The molecule has 0 bridgehead atoms. The summed E-state index contributed by atoms with van der Waals surface area (Å²) in [6.07, 6.45) is -3.48. The second-order valence-electron chi connectivity index (χ2n) is 7.37. The molecular formula is C16H30N2O6S4. The first-order chi connectivity index (χ1) is 12.8. The Morgan fingerprint density at radius 2 is 1.18 bits per heavy atom. The smallest absolute Gasteiger partial charge is 0.409 e. The number of carbonyl (C=O) groups is 3. The lowest BCUT2D eigenvalue weighted by Crippen LogP contribution is -2.53. The van der Waals surface area contributed by atoms with E-state index in [0.717, 1.165) is 0 Å². The highest BCUT2D eigenvalue weighted by atomic mass is 33.1. The van der Waals surface area contributed by atoms with Crippen LogP contribution in [0.15, 0.2) is 0 Å². The number of aliphatic carboxylic acids is 1. The Morgan fingerprint density at radius 1 is 0.821 bits per heavy atom. The molecule has 3 N–H and O–H groups in total. The Balaban J connectivity index is 4.08. The Hall–Kier alpha value is -0.590. The number of nitrogens with one attached hydrogen (secondary N) is 2. The lowest BCUT2D eigenvalue weighted by molar-refractivity contribution is -0.140. The lowest BCUT2D eigenvalue weighted by atomic mass is 10.3. The molecule has 0 unspecified atom stereocenters. The lowest BCUT2D eigenvalue weighted by Gasteiger charge is -2.18. The van der Waals surface area contributed by atoms with Gasteiger partial charge in [-0.25, -0.2) is 14.4 Å². The molecule has 2 amide bonds. The summed E-state index contributed by atoms with van der Waals surface area (Å²) in [5.74, 6) is -0.302. The summed E-state index contributed by atoms with van der Waals surface area (Å²) in [6.45, 7) is 12.7. The van der Waals surface area contributed by atoms with Gasteiger partial charge in [-0.05, 0) is 0 Å². The molecule has 164 valence electrons. The molecule has 0 saturated heterocycles. The normalized spacial score (nSPS) is 11.8. The maximum Gasteiger partial charge on any atom is 0.409 e. The largest absolute Gasteiger partial charge is 0.478 e. The summed E-state index contributed by atoms with van der Waals surface area (Å²) in [7, 11) is 6.43. The first-order valence-electron chi connectivity index (χ1n) is 8.51. The van der Waals surface area contributed by atoms with Crippen LogP contribution in [0.1, 0.15) is 41.5 Å². The van der Waals surface area contributed by atoms with Gasteiger partial charge in [-0.3, -0.25) is 10.6 Å². The second kappa shape index (κ2) is 13.6. The number of rotatable bonds is 11. The van der Waals surface area contributed by atoms with Crippen molar-refractivity contribution in [1.82, 2.24) is 10.6 Å². The molecule has 0 aromatic rings. The molecule has 8 nitrogen and oxygen atoms in total. The Labute approximate surface area is 182 Å². The fourth-order valence-corrected chi connectivity index (χ4v) is 5.46. The Morgan fingerprint density at radius 3 is 1.46 bits per heavy atom. The number of amides is 2. The molecule has 0 aliphatic rings. The van der Waals surface area contributed by atoms with E-state index < -0.39 is 24.3 Å². The van der Waals surface area contributed by atoms with Crippen LogP contribution in [0.4, 0.5) is 9.59 Å². The van der Waals surface area contributed by atoms with Crippen molar-refractivity contribution in [2.24, 2.45) is 0 Å². The van der Waals surface area contributed by atoms with E-state index in [1.54, 1.807) is 43.2 Å². The van der Waals surface area contributed by atoms with Crippen molar-refractivity contribution in [2.75, 3.05) is 24.7 Å². The summed E-state index contributed by atoms with van der Waals surface area (Å²) in [5.41, 5.74) is 0. The van der Waals surface area contributed by atoms with Gasteiger partial charge in [-0.15, -0.1) is 0 Å². The quantitative estimate of drug-likeness (QED) is 0.228. The fraction of sp³-hybridized carbons (Fsp3) is 0.812. The molecule has 12 heteroatoms. The number of carboxylic acid groups (broad SMARTS) is 1. The SMILES string of the molecule is CC(C)(C)SSCCOC(=O)NC(NC(=O)OCCSSC(C)(C)C)C(=O)O. The van der Waals surface area contributed by atoms with Crippen LogP contribution < -0.4 is 10.6 Å². The van der Waals surface area contributed by atoms with Gasteiger partial charge < -0.3 is 14.6 Å². The van der Waals surface area contributed by atoms with E-state index in [1.807, 2.05) is 0 Å². The molecular weight excluding hydrogens is 444 g/mol. The van der Waals surface area contributed by atoms with Gasteiger partial charge in [-0.1, -0.05) is 84.7 Å². The number of hydrogen-bond acceptors (Lipinski definition) is 9. The van der Waals surface area contributed by atoms with Crippen molar-refractivity contribution in [2.45, 2.75) is 57.2 Å². The van der Waals surface area contributed by atoms with Crippen molar-refractivity contribution in [3.05, 3.63) is 0 Å². The van der Waals surface area contributed by atoms with Crippen LogP contribution in [0.3, 0.4) is 0 Å². The number of alkyl carbamates (subject to hydrolysis) is 2. The summed E-state index contributed by atoms with van der Waals surface area (Å²) < 4.78 is 10.0. The summed E-state index contributed by atoms with van der Waals surface area (Å²) in [4.78, 5) is 34.6. The maximum atomic E-state index is 11.7. The highest BCUT2D eigenvalue weighted by Crippen LogP contribution is 2.35. The molecule has 0 aromatic heterocycles. The van der Waals surface area contributed by atoms with Gasteiger partial charge in [-0.2, -0.15) is 0 Å². The minimum Gasteiger partial charge on any atom is -0.478 e. The molecule has 0 rings (SSSR count). The predicted molar refractivity (Wildman–Crippen MR) is 120 cm³/mol. The first-order valence-corrected chi connectivity index (χ1v) is 13.1. The van der Waals surface area contributed by atoms with Crippen molar-refractivity contribution < 1.29 is 29.0 Å². The number of ether oxygens (including phenoxy) is 2. The molecule has 0 aliphatic carbocycles. The zero-order valence-corrected chi connectivity index (χ0v) is 20.3. The summed E-state index contributed by atoms with van der Waals surface area (Å²) >= 11 is 0. The second-order valence-corrected chi connectivity index (χ2v) is 13.9. The molecule has 28 heavy (non-hydrogen) atoms. The molecule has 0 aromatic carbocycles. The third-order valence-corrected chi connectivity index (χ3v) is 8.80. The van der Waals surface area contributed by atoms with E-state index >= 15 is 0 Å². The summed E-state index contributed by atoms with van der Waals surface area (Å²) in [5, 5.41) is 13.3. The van der Waals surface area contributed by atoms with E-state index in [9.17, 15) is 14.4 Å². The van der Waals surface area contributed by atoms with E-state index in [2.05, 4.69) is 52.2 Å².